The molecule has 0 radical (unpaired) electrons. The van der Waals surface area contributed by atoms with Crippen LogP contribution in [-0.4, -0.2) is 0 Å². The lowest BCUT2D eigenvalue weighted by molar-refractivity contribution is 1.53. The zero-order valence-corrected chi connectivity index (χ0v) is 45.2. The molecule has 0 N–H and O–H groups in total. The van der Waals surface area contributed by atoms with Crippen LogP contribution < -0.4 is 0 Å². The summed E-state index contributed by atoms with van der Waals surface area (Å²) < 4.78 is 0. The second-order valence-electron chi connectivity index (χ2n) is 20.8. The first-order valence-corrected chi connectivity index (χ1v) is 28.2. The lowest BCUT2D eigenvalue weighted by Crippen LogP contribution is -1.98. The Balaban J connectivity index is 1.03. The largest absolute Gasteiger partial charge is 0.0622 e. The van der Waals surface area contributed by atoms with E-state index in [1.165, 1.54) is 55.6 Å². The first-order chi connectivity index (χ1) is 40.7. The molecular formula is C82H54. The van der Waals surface area contributed by atoms with Crippen LogP contribution in [0.25, 0.3) is 134 Å². The summed E-state index contributed by atoms with van der Waals surface area (Å²) in [5.74, 6) is 7.73. The summed E-state index contributed by atoms with van der Waals surface area (Å²) >= 11 is 0. The third kappa shape index (κ3) is 9.27. The van der Waals surface area contributed by atoms with Crippen molar-refractivity contribution in [1.82, 2.24) is 0 Å². The van der Waals surface area contributed by atoms with Crippen molar-refractivity contribution in [3.8, 4) is 145 Å². The molecule has 0 atom stereocenters. The number of hydrogen-bond donors (Lipinski definition) is 0. The highest BCUT2D eigenvalue weighted by Gasteiger charge is 2.29. The molecule has 0 unspecified atom stereocenters. The molecule has 10 aromatic rings. The van der Waals surface area contributed by atoms with Crippen molar-refractivity contribution in [3.05, 3.63) is 339 Å². The van der Waals surface area contributed by atoms with Crippen molar-refractivity contribution in [2.24, 2.45) is 0 Å². The maximum Gasteiger partial charge on any atom is 0.0334 e. The molecule has 0 aliphatic heterocycles. The molecule has 0 bridgehead atoms. The van der Waals surface area contributed by atoms with Crippen molar-refractivity contribution >= 4 is 0 Å². The fourth-order valence-electron chi connectivity index (χ4n) is 12.3. The Bertz CT molecular complexity index is 4240. The number of rotatable bonds is 10. The highest BCUT2D eigenvalue weighted by molar-refractivity contribution is 6.12. The maximum atomic E-state index is 3.87. The summed E-state index contributed by atoms with van der Waals surface area (Å²) in [5, 5.41) is 0. The molecule has 382 valence electrons. The monoisotopic (exact) mass is 1040 g/mol. The minimum atomic E-state index is 0.973. The van der Waals surface area contributed by atoms with Crippen molar-refractivity contribution in [2.75, 3.05) is 0 Å². The van der Waals surface area contributed by atoms with E-state index in [9.17, 15) is 0 Å². The lowest BCUT2D eigenvalue weighted by Gasteiger charge is -2.24. The van der Waals surface area contributed by atoms with Crippen LogP contribution in [0, 0.1) is 11.8 Å². The van der Waals surface area contributed by atoms with Crippen molar-refractivity contribution in [1.29, 1.82) is 0 Å². The van der Waals surface area contributed by atoms with E-state index in [1.54, 1.807) is 0 Å². The standard InChI is InChI=1S/C82H54/c1-11-31-57(32-12-1)71-55-75(79(61-39-19-5-20-40-61)81(63-43-23-7-24-44-63)77(71)59-35-15-3-16-36-59)73-53-65(67-47-27-9-29-49-69(67)73)51-52-66-54-74(70-50-30-10-28-48-68(66)70)76-56-72(58-33-13-2-14-34-58)78(60-37-17-4-18-38-60)82(64-45-25-8-26-46-64)80(76)62-41-21-6-22-42-62/h1-50,53-56H. The minimum Gasteiger partial charge on any atom is -0.0622 e. The topological polar surface area (TPSA) is 0 Å². The average Bonchev–Trinajstić information content (AvgIpc) is 3.38. The Hall–Kier alpha value is -10.8. The quantitative estimate of drug-likeness (QED) is 0.120. The van der Waals surface area contributed by atoms with Gasteiger partial charge in [0.25, 0.3) is 0 Å². The second kappa shape index (κ2) is 22.1. The van der Waals surface area contributed by atoms with E-state index in [1.807, 2.05) is 0 Å². The van der Waals surface area contributed by atoms with E-state index in [0.29, 0.717) is 0 Å². The number of benzene rings is 10. The van der Waals surface area contributed by atoms with Gasteiger partial charge < -0.3 is 0 Å². The van der Waals surface area contributed by atoms with E-state index in [0.717, 1.165) is 89.0 Å². The molecule has 0 aromatic heterocycles. The Kier molecular flexibility index (Phi) is 13.3. The normalized spacial score (nSPS) is 11.1. The molecule has 0 fully saturated rings. The van der Waals surface area contributed by atoms with Gasteiger partial charge in [0.2, 0.25) is 0 Å². The first-order valence-electron chi connectivity index (χ1n) is 28.2. The number of hydrogen-bond acceptors (Lipinski definition) is 0. The maximum absolute atomic E-state index is 3.87. The predicted octanol–water partition coefficient (Wildman–Crippen LogP) is 22.0. The smallest absolute Gasteiger partial charge is 0.0334 e. The van der Waals surface area contributed by atoms with Crippen molar-refractivity contribution < 1.29 is 0 Å². The SMILES string of the molecule is C(#Cc1cc(-c2cc(-c3ccccc3)c(-c3ccccc3)c(-c3ccccc3)c2-c2ccccc2)c2cccccc1-2)c1cc(-c2cc(-c3ccccc3)c(-c3ccccc3)c(-c3ccccc3)c2-c2ccccc2)c2cccccc1-2. The van der Waals surface area contributed by atoms with Crippen LogP contribution in [0.15, 0.2) is 328 Å². The van der Waals surface area contributed by atoms with Gasteiger partial charge in [-0.15, -0.1) is 0 Å². The van der Waals surface area contributed by atoms with Crippen LogP contribution in [-0.2, 0) is 0 Å². The Labute approximate surface area is 481 Å². The van der Waals surface area contributed by atoms with Gasteiger partial charge in [0.15, 0.2) is 0 Å². The summed E-state index contributed by atoms with van der Waals surface area (Å²) in [7, 11) is 0. The molecule has 4 aliphatic rings. The lowest BCUT2D eigenvalue weighted by atomic mass is 9.78. The van der Waals surface area contributed by atoms with E-state index in [-0.39, 0.29) is 0 Å². The fraction of sp³-hybridized carbons (Fsp3) is 0. The zero-order valence-electron chi connectivity index (χ0n) is 45.2. The third-order valence-corrected chi connectivity index (χ3v) is 15.9. The van der Waals surface area contributed by atoms with Crippen LogP contribution in [0.3, 0.4) is 0 Å². The molecule has 0 saturated carbocycles. The zero-order chi connectivity index (χ0) is 54.6. The molecule has 10 aromatic carbocycles. The molecule has 14 rings (SSSR count). The predicted molar refractivity (Wildman–Crippen MR) is 346 cm³/mol. The molecule has 0 heterocycles. The molecule has 0 nitrogen and oxygen atoms in total. The van der Waals surface area contributed by atoms with Crippen molar-refractivity contribution in [3.63, 3.8) is 0 Å². The third-order valence-electron chi connectivity index (χ3n) is 15.9. The first kappa shape index (κ1) is 49.5. The van der Waals surface area contributed by atoms with Crippen LogP contribution >= 0.6 is 0 Å². The van der Waals surface area contributed by atoms with E-state index >= 15 is 0 Å². The van der Waals surface area contributed by atoms with Gasteiger partial charge in [0, 0.05) is 11.1 Å². The number of fused-ring (bicyclic) bond motifs is 2. The molecular weight excluding hydrogens is 985 g/mol. The van der Waals surface area contributed by atoms with E-state index < -0.39 is 0 Å². The minimum absolute atomic E-state index is 0.973. The summed E-state index contributed by atoms with van der Waals surface area (Å²) in [6.45, 7) is 0. The Morgan fingerprint density at radius 1 is 0.134 bits per heavy atom. The van der Waals surface area contributed by atoms with Gasteiger partial charge in [-0.2, -0.15) is 0 Å². The van der Waals surface area contributed by atoms with Gasteiger partial charge in [0.1, 0.15) is 0 Å². The van der Waals surface area contributed by atoms with Gasteiger partial charge >= 0.3 is 0 Å². The van der Waals surface area contributed by atoms with E-state index in [2.05, 4.69) is 339 Å². The summed E-state index contributed by atoms with van der Waals surface area (Å²) in [6.07, 6.45) is 0. The van der Waals surface area contributed by atoms with Gasteiger partial charge in [-0.05, 0) is 158 Å². The highest BCUT2D eigenvalue weighted by Crippen LogP contribution is 2.55. The summed E-state index contributed by atoms with van der Waals surface area (Å²) in [4.78, 5) is 0. The molecule has 0 saturated heterocycles. The molecule has 4 aliphatic carbocycles. The molecule has 0 spiro atoms. The van der Waals surface area contributed by atoms with Gasteiger partial charge in [0.05, 0.1) is 0 Å². The highest BCUT2D eigenvalue weighted by atomic mass is 14.3. The van der Waals surface area contributed by atoms with Gasteiger partial charge in [-0.25, -0.2) is 0 Å². The Morgan fingerprint density at radius 2 is 0.341 bits per heavy atom. The average molecular weight is 1040 g/mol. The van der Waals surface area contributed by atoms with Crippen LogP contribution in [0.2, 0.25) is 0 Å². The Morgan fingerprint density at radius 3 is 0.610 bits per heavy atom. The van der Waals surface area contributed by atoms with E-state index in [4.69, 9.17) is 0 Å². The molecule has 82 heavy (non-hydrogen) atoms. The van der Waals surface area contributed by atoms with Gasteiger partial charge in [-0.3, -0.25) is 0 Å². The summed E-state index contributed by atoms with van der Waals surface area (Å²) in [5.41, 5.74) is 29.8. The second-order valence-corrected chi connectivity index (χ2v) is 20.8. The van der Waals surface area contributed by atoms with Crippen LogP contribution in [0.1, 0.15) is 11.1 Å². The molecule has 0 heteroatoms. The summed E-state index contributed by atoms with van der Waals surface area (Å²) in [6, 6.07) is 119. The fourth-order valence-corrected chi connectivity index (χ4v) is 12.3. The van der Waals surface area contributed by atoms with Crippen LogP contribution in [0.5, 0.6) is 0 Å². The van der Waals surface area contributed by atoms with Crippen molar-refractivity contribution in [2.45, 2.75) is 0 Å². The van der Waals surface area contributed by atoms with Crippen LogP contribution in [0.4, 0.5) is 0 Å². The molecule has 0 amide bonds. The van der Waals surface area contributed by atoms with Gasteiger partial charge in [-0.1, -0.05) is 315 Å².